The summed E-state index contributed by atoms with van der Waals surface area (Å²) >= 11 is 6.06. The van der Waals surface area contributed by atoms with Crippen molar-refractivity contribution >= 4 is 22.8 Å². The summed E-state index contributed by atoms with van der Waals surface area (Å²) < 4.78 is 9.83. The first-order valence-electron chi connectivity index (χ1n) is 7.79. The summed E-state index contributed by atoms with van der Waals surface area (Å²) in [5.74, 6) is 2.13. The zero-order valence-electron chi connectivity index (χ0n) is 12.8. The van der Waals surface area contributed by atoms with Gasteiger partial charge in [0.2, 0.25) is 0 Å². The molecule has 0 saturated heterocycles. The minimum atomic E-state index is 0.420. The minimum absolute atomic E-state index is 0.420. The summed E-state index contributed by atoms with van der Waals surface area (Å²) in [5, 5.41) is 4.59. The molecule has 1 fully saturated rings. The molecule has 0 unspecified atom stereocenters. The van der Waals surface area contributed by atoms with Crippen molar-refractivity contribution < 1.29 is 4.74 Å². The van der Waals surface area contributed by atoms with Gasteiger partial charge in [0.1, 0.15) is 11.3 Å². The van der Waals surface area contributed by atoms with E-state index in [2.05, 4.69) is 21.6 Å². The molecule has 2 aromatic rings. The maximum Gasteiger partial charge on any atom is 0.158 e. The predicted octanol–water partition coefficient (Wildman–Crippen LogP) is 2.89. The van der Waals surface area contributed by atoms with Crippen LogP contribution in [0.25, 0.3) is 11.2 Å². The molecule has 0 spiro atoms. The van der Waals surface area contributed by atoms with Gasteiger partial charge in [0.25, 0.3) is 0 Å². The Kier molecular flexibility index (Phi) is 4.50. The molecule has 21 heavy (non-hydrogen) atoms. The molecule has 0 aromatic carbocycles. The Morgan fingerprint density at radius 3 is 2.86 bits per heavy atom. The zero-order chi connectivity index (χ0) is 14.8. The zero-order valence-corrected chi connectivity index (χ0v) is 13.6. The largest absolute Gasteiger partial charge is 0.379 e. The molecule has 0 N–H and O–H groups in total. The number of alkyl halides is 1. The molecule has 0 atom stereocenters. The van der Waals surface area contributed by atoms with E-state index in [9.17, 15) is 0 Å². The molecule has 1 saturated carbocycles. The summed E-state index contributed by atoms with van der Waals surface area (Å²) in [6, 6.07) is 0. The van der Waals surface area contributed by atoms with Crippen LogP contribution in [0.15, 0.2) is 0 Å². The number of hydrogen-bond acceptors (Lipinski definition) is 3. The highest BCUT2D eigenvalue weighted by atomic mass is 35.5. The summed E-state index contributed by atoms with van der Waals surface area (Å²) in [4.78, 5) is 4.69. The van der Waals surface area contributed by atoms with Crippen LogP contribution in [0.1, 0.15) is 37.7 Å². The van der Waals surface area contributed by atoms with E-state index in [1.807, 2.05) is 11.7 Å². The molecule has 6 heteroatoms. The van der Waals surface area contributed by atoms with Crippen molar-refractivity contribution in [1.29, 1.82) is 0 Å². The lowest BCUT2D eigenvalue weighted by Gasteiger charge is -2.08. The summed E-state index contributed by atoms with van der Waals surface area (Å²) in [7, 11) is 1.97. The fourth-order valence-electron chi connectivity index (χ4n) is 2.72. The van der Waals surface area contributed by atoms with Crippen LogP contribution < -0.4 is 0 Å². The van der Waals surface area contributed by atoms with Crippen LogP contribution in [0.5, 0.6) is 0 Å². The van der Waals surface area contributed by atoms with Gasteiger partial charge >= 0.3 is 0 Å². The number of hydrogen-bond donors (Lipinski definition) is 0. The number of aryl methyl sites for hydroxylation is 2. The van der Waals surface area contributed by atoms with Crippen LogP contribution in [0, 0.1) is 5.92 Å². The first-order valence-corrected chi connectivity index (χ1v) is 8.32. The van der Waals surface area contributed by atoms with Crippen molar-refractivity contribution in [2.45, 2.75) is 45.0 Å². The standard InChI is InChI=1S/C15H23ClN4O/c1-3-4-12-14-15(19(2)18-12)20(13(9-16)17-14)7-8-21-10-11-5-6-11/h11H,3-10H2,1-2H3. The van der Waals surface area contributed by atoms with Gasteiger partial charge in [0, 0.05) is 20.2 Å². The van der Waals surface area contributed by atoms with E-state index in [1.54, 1.807) is 0 Å². The Hall–Kier alpha value is -1.07. The van der Waals surface area contributed by atoms with E-state index in [1.165, 1.54) is 12.8 Å². The average Bonchev–Trinajstić information content (AvgIpc) is 3.15. The van der Waals surface area contributed by atoms with Crippen LogP contribution in [0.4, 0.5) is 0 Å². The summed E-state index contributed by atoms with van der Waals surface area (Å²) in [5.41, 5.74) is 3.13. The Morgan fingerprint density at radius 2 is 2.19 bits per heavy atom. The lowest BCUT2D eigenvalue weighted by Crippen LogP contribution is -2.12. The highest BCUT2D eigenvalue weighted by molar-refractivity contribution is 6.16. The summed E-state index contributed by atoms with van der Waals surface area (Å²) in [6.07, 6.45) is 4.67. The first kappa shape index (κ1) is 14.9. The Balaban J connectivity index is 1.80. The van der Waals surface area contributed by atoms with Gasteiger partial charge in [-0.2, -0.15) is 5.10 Å². The van der Waals surface area contributed by atoms with Gasteiger partial charge < -0.3 is 9.30 Å². The molecule has 0 aliphatic heterocycles. The van der Waals surface area contributed by atoms with Crippen molar-refractivity contribution in [3.05, 3.63) is 11.5 Å². The third-order valence-electron chi connectivity index (χ3n) is 3.99. The van der Waals surface area contributed by atoms with Gasteiger partial charge in [-0.05, 0) is 25.2 Å². The van der Waals surface area contributed by atoms with Crippen LogP contribution in [0.3, 0.4) is 0 Å². The number of aromatic nitrogens is 4. The van der Waals surface area contributed by atoms with Gasteiger partial charge in [-0.25, -0.2) is 4.98 Å². The van der Waals surface area contributed by atoms with E-state index >= 15 is 0 Å². The second-order valence-electron chi connectivity index (χ2n) is 5.82. The highest BCUT2D eigenvalue weighted by Crippen LogP contribution is 2.28. The molecule has 0 radical (unpaired) electrons. The second-order valence-corrected chi connectivity index (χ2v) is 6.09. The van der Waals surface area contributed by atoms with E-state index in [0.29, 0.717) is 12.5 Å². The number of halogens is 1. The average molecular weight is 311 g/mol. The van der Waals surface area contributed by atoms with Crippen molar-refractivity contribution in [3.8, 4) is 0 Å². The monoisotopic (exact) mass is 310 g/mol. The molecular weight excluding hydrogens is 288 g/mol. The van der Waals surface area contributed by atoms with Crippen LogP contribution in [-0.2, 0) is 30.6 Å². The van der Waals surface area contributed by atoms with E-state index in [-0.39, 0.29) is 0 Å². The van der Waals surface area contributed by atoms with Gasteiger partial charge in [-0.3, -0.25) is 4.68 Å². The van der Waals surface area contributed by atoms with E-state index < -0.39 is 0 Å². The quantitative estimate of drug-likeness (QED) is 0.556. The van der Waals surface area contributed by atoms with Crippen molar-refractivity contribution in [2.24, 2.45) is 13.0 Å². The molecule has 2 aromatic heterocycles. The highest BCUT2D eigenvalue weighted by Gasteiger charge is 2.22. The Bertz CT molecular complexity index is 615. The van der Waals surface area contributed by atoms with Crippen molar-refractivity contribution in [2.75, 3.05) is 13.2 Å². The molecule has 0 amide bonds. The second kappa shape index (κ2) is 6.36. The number of nitrogens with zero attached hydrogens (tertiary/aromatic N) is 4. The van der Waals surface area contributed by atoms with Crippen LogP contribution in [0.2, 0.25) is 0 Å². The lowest BCUT2D eigenvalue weighted by atomic mass is 10.2. The molecular formula is C15H23ClN4O. The normalized spacial score (nSPS) is 15.2. The van der Waals surface area contributed by atoms with Crippen molar-refractivity contribution in [3.63, 3.8) is 0 Å². The SMILES string of the molecule is CCCc1nn(C)c2c1nc(CCl)n2CCOCC1CC1. The first-order chi connectivity index (χ1) is 10.2. The molecule has 5 nitrogen and oxygen atoms in total. The summed E-state index contributed by atoms with van der Waals surface area (Å²) in [6.45, 7) is 4.54. The van der Waals surface area contributed by atoms with Crippen molar-refractivity contribution in [1.82, 2.24) is 19.3 Å². The molecule has 1 aliphatic rings. The Labute approximate surface area is 130 Å². The van der Waals surface area contributed by atoms with Gasteiger partial charge in [-0.1, -0.05) is 13.3 Å². The fraction of sp³-hybridized carbons (Fsp3) is 0.733. The predicted molar refractivity (Wildman–Crippen MR) is 83.6 cm³/mol. The Morgan fingerprint density at radius 1 is 1.38 bits per heavy atom. The maximum absolute atomic E-state index is 6.06. The van der Waals surface area contributed by atoms with Gasteiger partial charge in [-0.15, -0.1) is 11.6 Å². The molecule has 1 aliphatic carbocycles. The smallest absolute Gasteiger partial charge is 0.158 e. The lowest BCUT2D eigenvalue weighted by molar-refractivity contribution is 0.117. The maximum atomic E-state index is 6.06. The number of fused-ring (bicyclic) bond motifs is 1. The number of ether oxygens (including phenoxy) is 1. The molecule has 0 bridgehead atoms. The molecule has 2 heterocycles. The van der Waals surface area contributed by atoms with E-state index in [0.717, 1.165) is 54.6 Å². The number of rotatable bonds is 8. The van der Waals surface area contributed by atoms with Crippen LogP contribution in [-0.4, -0.2) is 32.5 Å². The van der Waals surface area contributed by atoms with Gasteiger partial charge in [0.15, 0.2) is 5.65 Å². The van der Waals surface area contributed by atoms with E-state index in [4.69, 9.17) is 16.3 Å². The number of imidazole rings is 1. The molecule has 116 valence electrons. The minimum Gasteiger partial charge on any atom is -0.379 e. The third-order valence-corrected chi connectivity index (χ3v) is 4.23. The third kappa shape index (κ3) is 3.09. The molecule has 3 rings (SSSR count). The fourth-order valence-corrected chi connectivity index (χ4v) is 2.92. The van der Waals surface area contributed by atoms with Gasteiger partial charge in [0.05, 0.1) is 18.2 Å². The topological polar surface area (TPSA) is 44.9 Å². The van der Waals surface area contributed by atoms with Crippen LogP contribution >= 0.6 is 11.6 Å².